The molecule has 0 bridgehead atoms. The van der Waals surface area contributed by atoms with Gasteiger partial charge in [-0.05, 0) is 49.2 Å². The molecule has 1 N–H and O–H groups in total. The first-order chi connectivity index (χ1) is 14.6. The normalized spacial score (nSPS) is 10.8. The van der Waals surface area contributed by atoms with Crippen LogP contribution in [0.3, 0.4) is 0 Å². The van der Waals surface area contributed by atoms with Crippen molar-refractivity contribution in [2.75, 3.05) is 20.3 Å². The first-order valence-corrected chi connectivity index (χ1v) is 9.97. The van der Waals surface area contributed by atoms with Crippen LogP contribution >= 0.6 is 0 Å². The summed E-state index contributed by atoms with van der Waals surface area (Å²) in [6, 6.07) is 15.5. The van der Waals surface area contributed by atoms with Crippen molar-refractivity contribution in [3.8, 4) is 17.3 Å². The van der Waals surface area contributed by atoms with E-state index in [0.29, 0.717) is 49.7 Å². The van der Waals surface area contributed by atoms with Gasteiger partial charge in [-0.1, -0.05) is 25.1 Å². The largest absolute Gasteiger partial charge is 0.439 e. The summed E-state index contributed by atoms with van der Waals surface area (Å²) in [6.07, 6.45) is 1.46. The molecule has 0 saturated carbocycles. The molecule has 6 nitrogen and oxygen atoms in total. The van der Waals surface area contributed by atoms with Crippen LogP contribution in [0.5, 0.6) is 11.6 Å². The van der Waals surface area contributed by atoms with Crippen LogP contribution in [-0.2, 0) is 22.4 Å². The van der Waals surface area contributed by atoms with Crippen molar-refractivity contribution in [3.63, 3.8) is 0 Å². The minimum absolute atomic E-state index is 0.0608. The average Bonchev–Trinajstić information content (AvgIpc) is 3.11. The highest BCUT2D eigenvalue weighted by atomic mass is 19.1. The van der Waals surface area contributed by atoms with Crippen LogP contribution < -0.4 is 10.1 Å². The Morgan fingerprint density at radius 3 is 2.53 bits per heavy atom. The molecule has 0 saturated heterocycles. The van der Waals surface area contributed by atoms with E-state index in [4.69, 9.17) is 14.6 Å². The van der Waals surface area contributed by atoms with Gasteiger partial charge in [0.1, 0.15) is 11.6 Å². The average molecular weight is 411 g/mol. The minimum Gasteiger partial charge on any atom is -0.439 e. The standard InChI is InChI=1S/C23H26FN3O3/c1-3-21-20(13-14-22(28)25-15-16-29-2)23(30-19-7-5-4-6-8-19)27(26-21)18-11-9-17(24)10-12-18/h4-12H,3,13-16H2,1-2H3,(H,25,28). The number of benzene rings is 2. The Hall–Kier alpha value is -3.19. The number of aryl methyl sites for hydroxylation is 1. The van der Waals surface area contributed by atoms with Gasteiger partial charge in [0.05, 0.1) is 18.0 Å². The molecular weight excluding hydrogens is 385 g/mol. The van der Waals surface area contributed by atoms with Crippen LogP contribution in [0, 0.1) is 5.82 Å². The van der Waals surface area contributed by atoms with Gasteiger partial charge in [-0.2, -0.15) is 5.10 Å². The zero-order chi connectivity index (χ0) is 21.3. The Kier molecular flexibility index (Phi) is 7.57. The lowest BCUT2D eigenvalue weighted by Crippen LogP contribution is -2.27. The van der Waals surface area contributed by atoms with Gasteiger partial charge >= 0.3 is 0 Å². The Morgan fingerprint density at radius 2 is 1.87 bits per heavy atom. The fourth-order valence-corrected chi connectivity index (χ4v) is 3.09. The molecule has 0 aliphatic heterocycles. The molecule has 1 aromatic heterocycles. The molecule has 3 rings (SSSR count). The molecular formula is C23H26FN3O3. The second-order valence-electron chi connectivity index (χ2n) is 6.73. The number of nitrogens with one attached hydrogen (secondary N) is 1. The van der Waals surface area contributed by atoms with E-state index in [1.54, 1.807) is 23.9 Å². The highest BCUT2D eigenvalue weighted by Crippen LogP contribution is 2.32. The van der Waals surface area contributed by atoms with E-state index in [0.717, 1.165) is 11.3 Å². The van der Waals surface area contributed by atoms with Gasteiger partial charge in [0.15, 0.2) is 0 Å². The van der Waals surface area contributed by atoms with Crippen molar-refractivity contribution in [2.45, 2.75) is 26.2 Å². The summed E-state index contributed by atoms with van der Waals surface area (Å²) in [7, 11) is 1.59. The third-order valence-electron chi connectivity index (χ3n) is 4.61. The number of halogens is 1. The van der Waals surface area contributed by atoms with Crippen molar-refractivity contribution < 1.29 is 18.7 Å². The Morgan fingerprint density at radius 1 is 1.13 bits per heavy atom. The van der Waals surface area contributed by atoms with Crippen molar-refractivity contribution in [1.29, 1.82) is 0 Å². The second-order valence-corrected chi connectivity index (χ2v) is 6.73. The summed E-state index contributed by atoms with van der Waals surface area (Å²) in [5, 5.41) is 7.53. The molecule has 0 unspecified atom stereocenters. The highest BCUT2D eigenvalue weighted by Gasteiger charge is 2.21. The van der Waals surface area contributed by atoms with Crippen LogP contribution in [-0.4, -0.2) is 35.9 Å². The first-order valence-electron chi connectivity index (χ1n) is 9.97. The predicted octanol–water partition coefficient (Wildman–Crippen LogP) is 4.06. The molecule has 0 spiro atoms. The molecule has 3 aromatic rings. The maximum Gasteiger partial charge on any atom is 0.226 e. The first kappa shape index (κ1) is 21.5. The van der Waals surface area contributed by atoms with E-state index in [1.807, 2.05) is 37.3 Å². The van der Waals surface area contributed by atoms with Crippen LogP contribution in [0.2, 0.25) is 0 Å². The van der Waals surface area contributed by atoms with E-state index in [2.05, 4.69) is 5.32 Å². The maximum absolute atomic E-state index is 13.4. The van der Waals surface area contributed by atoms with Crippen LogP contribution in [0.4, 0.5) is 4.39 Å². The van der Waals surface area contributed by atoms with Crippen LogP contribution in [0.1, 0.15) is 24.6 Å². The van der Waals surface area contributed by atoms with Crippen molar-refractivity contribution in [3.05, 3.63) is 71.7 Å². The number of methoxy groups -OCH3 is 1. The highest BCUT2D eigenvalue weighted by molar-refractivity contribution is 5.76. The fourth-order valence-electron chi connectivity index (χ4n) is 3.09. The number of nitrogens with zero attached hydrogens (tertiary/aromatic N) is 2. The van der Waals surface area contributed by atoms with Gasteiger partial charge in [0.25, 0.3) is 0 Å². The number of hydrogen-bond donors (Lipinski definition) is 1. The lowest BCUT2D eigenvalue weighted by Gasteiger charge is -2.12. The lowest BCUT2D eigenvalue weighted by molar-refractivity contribution is -0.121. The summed E-state index contributed by atoms with van der Waals surface area (Å²) in [6.45, 7) is 2.95. The number of para-hydroxylation sites is 1. The van der Waals surface area contributed by atoms with E-state index >= 15 is 0 Å². The Balaban J connectivity index is 1.92. The molecule has 30 heavy (non-hydrogen) atoms. The minimum atomic E-state index is -0.319. The van der Waals surface area contributed by atoms with Crippen molar-refractivity contribution in [2.24, 2.45) is 0 Å². The van der Waals surface area contributed by atoms with E-state index in [1.165, 1.54) is 12.1 Å². The topological polar surface area (TPSA) is 65.4 Å². The van der Waals surface area contributed by atoms with E-state index in [-0.39, 0.29) is 11.7 Å². The van der Waals surface area contributed by atoms with Gasteiger partial charge in [-0.25, -0.2) is 9.07 Å². The molecule has 7 heteroatoms. The number of rotatable bonds is 10. The van der Waals surface area contributed by atoms with Crippen molar-refractivity contribution >= 4 is 5.91 Å². The van der Waals surface area contributed by atoms with Gasteiger partial charge in [-0.15, -0.1) is 0 Å². The smallest absolute Gasteiger partial charge is 0.226 e. The number of carbonyl (C=O) groups is 1. The summed E-state index contributed by atoms with van der Waals surface area (Å²) in [4.78, 5) is 12.2. The number of carbonyl (C=O) groups excluding carboxylic acids is 1. The summed E-state index contributed by atoms with van der Waals surface area (Å²) < 4.78 is 26.2. The molecule has 0 radical (unpaired) electrons. The predicted molar refractivity (Wildman–Crippen MR) is 113 cm³/mol. The third kappa shape index (κ3) is 5.45. The molecule has 1 heterocycles. The number of ether oxygens (including phenoxy) is 2. The Bertz CT molecular complexity index is 956. The maximum atomic E-state index is 13.4. The summed E-state index contributed by atoms with van der Waals surface area (Å²) in [5.74, 6) is 0.818. The Labute approximate surface area is 175 Å². The quantitative estimate of drug-likeness (QED) is 0.511. The zero-order valence-corrected chi connectivity index (χ0v) is 17.2. The SMILES string of the molecule is CCc1nn(-c2ccc(F)cc2)c(Oc2ccccc2)c1CCC(=O)NCCOC. The lowest BCUT2D eigenvalue weighted by atomic mass is 10.1. The van der Waals surface area contributed by atoms with E-state index < -0.39 is 0 Å². The molecule has 2 aromatic carbocycles. The van der Waals surface area contributed by atoms with Crippen LogP contribution in [0.25, 0.3) is 5.69 Å². The molecule has 0 fully saturated rings. The van der Waals surface area contributed by atoms with Gasteiger partial charge in [0.2, 0.25) is 11.8 Å². The summed E-state index contributed by atoms with van der Waals surface area (Å²) >= 11 is 0. The van der Waals surface area contributed by atoms with Gasteiger partial charge in [0, 0.05) is 25.6 Å². The fraction of sp³-hybridized carbons (Fsp3) is 0.304. The number of amides is 1. The molecule has 1 amide bonds. The van der Waals surface area contributed by atoms with E-state index in [9.17, 15) is 9.18 Å². The molecule has 0 aliphatic carbocycles. The van der Waals surface area contributed by atoms with Crippen molar-refractivity contribution in [1.82, 2.24) is 15.1 Å². The van der Waals surface area contributed by atoms with Gasteiger partial charge in [-0.3, -0.25) is 4.79 Å². The number of hydrogen-bond acceptors (Lipinski definition) is 4. The molecule has 0 aliphatic rings. The number of aromatic nitrogens is 2. The zero-order valence-electron chi connectivity index (χ0n) is 17.2. The summed E-state index contributed by atoms with van der Waals surface area (Å²) in [5.41, 5.74) is 2.40. The molecule has 0 atom stereocenters. The van der Waals surface area contributed by atoms with Crippen LogP contribution in [0.15, 0.2) is 54.6 Å². The third-order valence-corrected chi connectivity index (χ3v) is 4.61. The molecule has 158 valence electrons. The second kappa shape index (κ2) is 10.5. The monoisotopic (exact) mass is 411 g/mol. The van der Waals surface area contributed by atoms with Gasteiger partial charge < -0.3 is 14.8 Å².